The van der Waals surface area contributed by atoms with Crippen molar-refractivity contribution in [1.82, 2.24) is 0 Å². The summed E-state index contributed by atoms with van der Waals surface area (Å²) in [5.41, 5.74) is -0.447. The Balaban J connectivity index is 2.12. The van der Waals surface area contributed by atoms with Crippen LogP contribution in [-0.2, 0) is 16.1 Å². The Morgan fingerprint density at radius 2 is 2.05 bits per heavy atom. The summed E-state index contributed by atoms with van der Waals surface area (Å²) in [5, 5.41) is 28.4. The fraction of sp³-hybridized carbons (Fsp3) is 0.333. The highest BCUT2D eigenvalue weighted by Crippen LogP contribution is 2.28. The second-order valence-electron chi connectivity index (χ2n) is 4.88. The molecule has 0 fully saturated rings. The molecule has 110 valence electrons. The third kappa shape index (κ3) is 3.28. The highest BCUT2D eigenvalue weighted by Gasteiger charge is 2.43. The first-order valence-corrected chi connectivity index (χ1v) is 6.36. The first-order chi connectivity index (χ1) is 9.97. The number of aliphatic hydroxyl groups excluding tert-OH is 2. The van der Waals surface area contributed by atoms with Crippen LogP contribution in [0.2, 0.25) is 0 Å². The zero-order chi connectivity index (χ0) is 15.5. The molecule has 0 unspecified atom stereocenters. The molecule has 6 nitrogen and oxygen atoms in total. The van der Waals surface area contributed by atoms with Gasteiger partial charge in [-0.3, -0.25) is 0 Å². The normalized spacial score (nSPS) is 28.0. The summed E-state index contributed by atoms with van der Waals surface area (Å²) in [4.78, 5) is 14.7. The quantitative estimate of drug-likeness (QED) is 0.573. The summed E-state index contributed by atoms with van der Waals surface area (Å²) < 4.78 is 5.48. The minimum atomic E-state index is -1.66. The number of carboxylic acids is 1. The first kappa shape index (κ1) is 15.2. The number of ether oxygens (including phenoxy) is 1. The smallest absolute Gasteiger partial charge is 0.340 e. The lowest BCUT2D eigenvalue weighted by molar-refractivity contribution is -0.167. The molecule has 0 saturated heterocycles. The van der Waals surface area contributed by atoms with Gasteiger partial charge in [-0.25, -0.2) is 9.64 Å². The molecule has 0 radical (unpaired) electrons. The van der Waals surface area contributed by atoms with Crippen LogP contribution >= 0.6 is 0 Å². The van der Waals surface area contributed by atoms with E-state index in [1.54, 1.807) is 24.3 Å². The van der Waals surface area contributed by atoms with Crippen molar-refractivity contribution in [1.29, 1.82) is 0 Å². The van der Waals surface area contributed by atoms with Crippen LogP contribution in [0.3, 0.4) is 0 Å². The summed E-state index contributed by atoms with van der Waals surface area (Å²) in [6.07, 6.45) is -0.000305. The van der Waals surface area contributed by atoms with E-state index in [0.29, 0.717) is 5.69 Å². The Morgan fingerprint density at radius 3 is 2.57 bits per heavy atom. The van der Waals surface area contributed by atoms with Gasteiger partial charge in [-0.15, -0.1) is 0 Å². The van der Waals surface area contributed by atoms with Crippen LogP contribution in [-0.4, -0.2) is 39.1 Å². The molecule has 3 atom stereocenters. The molecular weight excluding hydrogens is 274 g/mol. The number of rotatable bonds is 4. The fourth-order valence-corrected chi connectivity index (χ4v) is 2.09. The summed E-state index contributed by atoms with van der Waals surface area (Å²) in [6.45, 7) is 6.89. The number of hydrogen-bond donors (Lipinski definition) is 3. The van der Waals surface area contributed by atoms with Crippen molar-refractivity contribution in [3.63, 3.8) is 0 Å². The maximum Gasteiger partial charge on any atom is 0.340 e. The predicted molar refractivity (Wildman–Crippen MR) is 73.6 cm³/mol. The van der Waals surface area contributed by atoms with Gasteiger partial charge in [0.2, 0.25) is 0 Å². The minimum absolute atomic E-state index is 0.0255. The van der Waals surface area contributed by atoms with E-state index in [0.717, 1.165) is 5.56 Å². The first-order valence-electron chi connectivity index (χ1n) is 6.36. The molecule has 0 saturated carbocycles. The monoisotopic (exact) mass is 289 g/mol. The van der Waals surface area contributed by atoms with Crippen LogP contribution < -0.4 is 0 Å². The third-order valence-corrected chi connectivity index (χ3v) is 3.39. The molecule has 0 heterocycles. The number of nitrogens with zero attached hydrogens (tertiary/aromatic N) is 1. The van der Waals surface area contributed by atoms with Crippen molar-refractivity contribution in [3.8, 4) is 0 Å². The molecule has 0 amide bonds. The van der Waals surface area contributed by atoms with E-state index < -0.39 is 23.8 Å². The van der Waals surface area contributed by atoms with Crippen molar-refractivity contribution in [2.24, 2.45) is 0 Å². The summed E-state index contributed by atoms with van der Waals surface area (Å²) in [6, 6.07) is 6.60. The number of carboxylic acid groups (broad SMARTS) is 1. The van der Waals surface area contributed by atoms with Gasteiger partial charge in [0.25, 0.3) is 0 Å². The van der Waals surface area contributed by atoms with Crippen LogP contribution in [0.15, 0.2) is 36.4 Å². The van der Waals surface area contributed by atoms with Crippen molar-refractivity contribution in [3.05, 3.63) is 53.4 Å². The molecule has 21 heavy (non-hydrogen) atoms. The molecular formula is C15H15NO5. The largest absolute Gasteiger partial charge is 0.479 e. The molecule has 3 N–H and O–H groups in total. The minimum Gasteiger partial charge on any atom is -0.479 e. The van der Waals surface area contributed by atoms with E-state index in [1.165, 1.54) is 12.2 Å². The van der Waals surface area contributed by atoms with E-state index in [4.69, 9.17) is 11.3 Å². The van der Waals surface area contributed by atoms with Crippen LogP contribution in [0.1, 0.15) is 12.0 Å². The second kappa shape index (κ2) is 6.06. The number of carbonyl (C=O) groups is 1. The molecule has 1 aliphatic carbocycles. The maximum absolute atomic E-state index is 11.4. The Hall–Kier alpha value is -2.20. The van der Waals surface area contributed by atoms with Gasteiger partial charge in [0, 0.05) is 6.42 Å². The Morgan fingerprint density at radius 1 is 1.38 bits per heavy atom. The van der Waals surface area contributed by atoms with Crippen molar-refractivity contribution >= 4 is 11.7 Å². The van der Waals surface area contributed by atoms with Gasteiger partial charge < -0.3 is 20.1 Å². The second-order valence-corrected chi connectivity index (χ2v) is 4.88. The lowest BCUT2D eigenvalue weighted by Crippen LogP contribution is -2.48. The van der Waals surface area contributed by atoms with Gasteiger partial charge in [-0.1, -0.05) is 30.3 Å². The lowest BCUT2D eigenvalue weighted by atomic mass is 9.87. The van der Waals surface area contributed by atoms with Gasteiger partial charge in [-0.05, 0) is 11.6 Å². The third-order valence-electron chi connectivity index (χ3n) is 3.39. The average molecular weight is 289 g/mol. The Kier molecular flexibility index (Phi) is 4.38. The lowest BCUT2D eigenvalue weighted by Gasteiger charge is -2.33. The molecule has 1 aromatic rings. The number of benzene rings is 1. The summed E-state index contributed by atoms with van der Waals surface area (Å²) in [5.74, 6) is -1.22. The SMILES string of the molecule is [C-]#[N+]c1ccc(CO[C@@]2(C(=O)O)C=C[C@@H](O)[C@H](O)C2)cc1. The molecule has 1 aromatic carbocycles. The van der Waals surface area contributed by atoms with Gasteiger partial charge in [0.05, 0.1) is 25.4 Å². The Labute approximate surface area is 121 Å². The molecule has 2 rings (SSSR count). The van der Waals surface area contributed by atoms with Crippen LogP contribution in [0.5, 0.6) is 0 Å². The molecule has 0 bridgehead atoms. The van der Waals surface area contributed by atoms with Gasteiger partial charge in [0.15, 0.2) is 11.3 Å². The maximum atomic E-state index is 11.4. The highest BCUT2D eigenvalue weighted by molar-refractivity contribution is 5.80. The molecule has 0 aromatic heterocycles. The standard InChI is InChI=1S/C15H15NO5/c1-16-11-4-2-10(3-5-11)9-21-15(14(19)20)7-6-12(17)13(18)8-15/h2-7,12-13,17-18H,8-9H2,(H,19,20)/t12-,13-,15+/m1/s1. The highest BCUT2D eigenvalue weighted by atomic mass is 16.5. The van der Waals surface area contributed by atoms with Crippen LogP contribution in [0.25, 0.3) is 4.85 Å². The van der Waals surface area contributed by atoms with E-state index >= 15 is 0 Å². The van der Waals surface area contributed by atoms with E-state index in [2.05, 4.69) is 4.85 Å². The summed E-state index contributed by atoms with van der Waals surface area (Å²) >= 11 is 0. The van der Waals surface area contributed by atoms with Crippen molar-refractivity contribution in [2.75, 3.05) is 0 Å². The van der Waals surface area contributed by atoms with Crippen molar-refractivity contribution < 1.29 is 24.9 Å². The molecule has 0 spiro atoms. The summed E-state index contributed by atoms with van der Waals surface area (Å²) in [7, 11) is 0. The topological polar surface area (TPSA) is 91.4 Å². The van der Waals surface area contributed by atoms with Gasteiger partial charge in [0.1, 0.15) is 0 Å². The van der Waals surface area contributed by atoms with E-state index in [-0.39, 0.29) is 13.0 Å². The number of aliphatic carboxylic acids is 1. The number of aliphatic hydroxyl groups is 2. The number of hydrogen-bond acceptors (Lipinski definition) is 4. The average Bonchev–Trinajstić information content (AvgIpc) is 2.49. The van der Waals surface area contributed by atoms with Gasteiger partial charge in [-0.2, -0.15) is 0 Å². The molecule has 1 aliphatic rings. The molecule has 0 aliphatic heterocycles. The van der Waals surface area contributed by atoms with E-state index in [1.807, 2.05) is 0 Å². The van der Waals surface area contributed by atoms with Crippen molar-refractivity contribution in [2.45, 2.75) is 30.8 Å². The molecule has 6 heteroatoms. The van der Waals surface area contributed by atoms with E-state index in [9.17, 15) is 20.1 Å². The van der Waals surface area contributed by atoms with Crippen LogP contribution in [0.4, 0.5) is 5.69 Å². The fourth-order valence-electron chi connectivity index (χ4n) is 2.09. The zero-order valence-electron chi connectivity index (χ0n) is 11.1. The van der Waals surface area contributed by atoms with Crippen LogP contribution in [0, 0.1) is 6.57 Å². The Bertz CT molecular complexity index is 589. The zero-order valence-corrected chi connectivity index (χ0v) is 11.1. The predicted octanol–water partition coefficient (Wildman–Crippen LogP) is 1.26. The van der Waals surface area contributed by atoms with Gasteiger partial charge >= 0.3 is 5.97 Å².